The minimum Gasteiger partial charge on any atom is -0.337 e. The number of carbonyl (C=O) groups is 2. The molecule has 2 atom stereocenters. The summed E-state index contributed by atoms with van der Waals surface area (Å²) in [5.74, 6) is 0.354. The summed E-state index contributed by atoms with van der Waals surface area (Å²) in [6, 6.07) is 0. The van der Waals surface area contributed by atoms with Gasteiger partial charge in [0, 0.05) is 0 Å². The van der Waals surface area contributed by atoms with Crippen LogP contribution in [0.3, 0.4) is 0 Å². The van der Waals surface area contributed by atoms with Crippen molar-refractivity contribution in [3.8, 4) is 0 Å². The lowest BCUT2D eigenvalue weighted by molar-refractivity contribution is -0.141. The van der Waals surface area contributed by atoms with Crippen molar-refractivity contribution in [3.63, 3.8) is 0 Å². The minimum atomic E-state index is -0.519. The number of carbonyl (C=O) groups excluding carboxylic acids is 2. The number of hydrogen-bond donors (Lipinski definition) is 1. The molecule has 1 aliphatic heterocycles. The SMILES string of the molecule is Cl.NC1(c2noc(CN3C(=O)C4CCCCC4C3=O)n2)CCCC1. The fourth-order valence-corrected chi connectivity index (χ4v) is 4.27. The Hall–Kier alpha value is -1.47. The molecule has 0 bridgehead atoms. The number of nitrogens with two attached hydrogens (primary N) is 1. The summed E-state index contributed by atoms with van der Waals surface area (Å²) >= 11 is 0. The number of likely N-dealkylation sites (tertiary alicyclic amines) is 1. The monoisotopic (exact) mass is 354 g/mol. The topological polar surface area (TPSA) is 102 Å². The zero-order valence-electron chi connectivity index (χ0n) is 13.6. The molecule has 3 aliphatic rings. The number of hydrogen-bond acceptors (Lipinski definition) is 6. The van der Waals surface area contributed by atoms with Crippen molar-refractivity contribution in [2.24, 2.45) is 17.6 Å². The fraction of sp³-hybridized carbons (Fsp3) is 0.750. The van der Waals surface area contributed by atoms with Crippen LogP contribution in [0.15, 0.2) is 4.52 Å². The first-order chi connectivity index (χ1) is 11.1. The lowest BCUT2D eigenvalue weighted by Gasteiger charge is -2.19. The highest BCUT2D eigenvalue weighted by molar-refractivity contribution is 6.05. The molecule has 132 valence electrons. The van der Waals surface area contributed by atoms with E-state index >= 15 is 0 Å². The van der Waals surface area contributed by atoms with Gasteiger partial charge in [0.25, 0.3) is 0 Å². The standard InChI is InChI=1S/C16H22N4O3.ClH/c17-16(7-3-4-8-16)15-18-12(23-19-15)9-20-13(21)10-5-1-2-6-11(10)14(20)22;/h10-11H,1-9,17H2;1H. The molecule has 3 fully saturated rings. The summed E-state index contributed by atoms with van der Waals surface area (Å²) in [7, 11) is 0. The third-order valence-electron chi connectivity index (χ3n) is 5.63. The van der Waals surface area contributed by atoms with Gasteiger partial charge in [-0.15, -0.1) is 12.4 Å². The lowest BCUT2D eigenvalue weighted by atomic mass is 9.81. The van der Waals surface area contributed by atoms with Gasteiger partial charge in [0.1, 0.15) is 6.54 Å². The molecule has 2 unspecified atom stereocenters. The largest absolute Gasteiger partial charge is 0.337 e. The second-order valence-electron chi connectivity index (χ2n) is 7.14. The number of aromatic nitrogens is 2. The molecule has 0 aromatic carbocycles. The highest BCUT2D eigenvalue weighted by Crippen LogP contribution is 2.39. The van der Waals surface area contributed by atoms with E-state index < -0.39 is 5.54 Å². The molecule has 7 nitrogen and oxygen atoms in total. The van der Waals surface area contributed by atoms with E-state index in [0.717, 1.165) is 51.4 Å². The normalized spacial score (nSPS) is 28.8. The van der Waals surface area contributed by atoms with E-state index in [2.05, 4.69) is 10.1 Å². The van der Waals surface area contributed by atoms with Crippen LogP contribution in [0.2, 0.25) is 0 Å². The molecule has 2 saturated carbocycles. The molecule has 1 saturated heterocycles. The van der Waals surface area contributed by atoms with Gasteiger partial charge >= 0.3 is 0 Å². The van der Waals surface area contributed by atoms with Crippen LogP contribution in [0, 0.1) is 11.8 Å². The zero-order valence-corrected chi connectivity index (χ0v) is 14.4. The maximum atomic E-state index is 12.5. The maximum Gasteiger partial charge on any atom is 0.246 e. The summed E-state index contributed by atoms with van der Waals surface area (Å²) in [5, 5.41) is 3.99. The van der Waals surface area contributed by atoms with Gasteiger partial charge in [-0.05, 0) is 25.7 Å². The van der Waals surface area contributed by atoms with Crippen LogP contribution in [0.5, 0.6) is 0 Å². The molecule has 2 aliphatic carbocycles. The van der Waals surface area contributed by atoms with E-state index in [1.807, 2.05) is 0 Å². The Morgan fingerprint density at radius 2 is 1.67 bits per heavy atom. The van der Waals surface area contributed by atoms with Crippen molar-refractivity contribution in [1.29, 1.82) is 0 Å². The van der Waals surface area contributed by atoms with Gasteiger partial charge in [-0.25, -0.2) is 0 Å². The molecule has 2 N–H and O–H groups in total. The molecule has 0 radical (unpaired) electrons. The third kappa shape index (κ3) is 2.73. The van der Waals surface area contributed by atoms with Crippen LogP contribution >= 0.6 is 12.4 Å². The Labute approximate surface area is 146 Å². The molecule has 24 heavy (non-hydrogen) atoms. The Balaban J connectivity index is 0.00000169. The summed E-state index contributed by atoms with van der Waals surface area (Å²) in [5.41, 5.74) is 5.80. The Bertz CT molecular complexity index is 617. The first kappa shape index (κ1) is 17.4. The molecule has 1 aromatic heterocycles. The summed E-state index contributed by atoms with van der Waals surface area (Å²) < 4.78 is 5.27. The fourth-order valence-electron chi connectivity index (χ4n) is 4.27. The highest BCUT2D eigenvalue weighted by Gasteiger charge is 2.48. The molecular formula is C16H23ClN4O3. The summed E-state index contributed by atoms with van der Waals surface area (Å²) in [6.45, 7) is 0.0771. The second-order valence-corrected chi connectivity index (χ2v) is 7.14. The first-order valence-corrected chi connectivity index (χ1v) is 8.56. The first-order valence-electron chi connectivity index (χ1n) is 8.56. The number of nitrogens with zero attached hydrogens (tertiary/aromatic N) is 3. The second kappa shape index (κ2) is 6.44. The van der Waals surface area contributed by atoms with Crippen molar-refractivity contribution in [2.45, 2.75) is 63.5 Å². The molecule has 2 amide bonds. The van der Waals surface area contributed by atoms with Crippen LogP contribution < -0.4 is 5.73 Å². The molecule has 2 heterocycles. The van der Waals surface area contributed by atoms with Gasteiger partial charge in [-0.2, -0.15) is 4.98 Å². The van der Waals surface area contributed by atoms with E-state index in [1.54, 1.807) is 0 Å². The zero-order chi connectivity index (χ0) is 16.0. The van der Waals surface area contributed by atoms with E-state index in [1.165, 1.54) is 4.90 Å². The molecule has 0 spiro atoms. The number of fused-ring (bicyclic) bond motifs is 1. The third-order valence-corrected chi connectivity index (χ3v) is 5.63. The van der Waals surface area contributed by atoms with Crippen molar-refractivity contribution in [1.82, 2.24) is 15.0 Å². The average Bonchev–Trinajstić information content (AvgIpc) is 3.25. The number of rotatable bonds is 3. The predicted octanol–water partition coefficient (Wildman–Crippen LogP) is 1.89. The smallest absolute Gasteiger partial charge is 0.246 e. The van der Waals surface area contributed by atoms with Gasteiger partial charge in [0.15, 0.2) is 5.82 Å². The van der Waals surface area contributed by atoms with Crippen molar-refractivity contribution < 1.29 is 14.1 Å². The van der Waals surface area contributed by atoms with Crippen molar-refractivity contribution >= 4 is 24.2 Å². The number of amides is 2. The Kier molecular flexibility index (Phi) is 4.66. The summed E-state index contributed by atoms with van der Waals surface area (Å²) in [6.07, 6.45) is 7.48. The van der Waals surface area contributed by atoms with Crippen LogP contribution in [0.4, 0.5) is 0 Å². The van der Waals surface area contributed by atoms with E-state index in [9.17, 15) is 9.59 Å². The van der Waals surface area contributed by atoms with Crippen LogP contribution in [0.25, 0.3) is 0 Å². The predicted molar refractivity (Wildman–Crippen MR) is 86.9 cm³/mol. The van der Waals surface area contributed by atoms with Crippen LogP contribution in [0.1, 0.15) is 63.1 Å². The van der Waals surface area contributed by atoms with E-state index in [0.29, 0.717) is 11.7 Å². The lowest BCUT2D eigenvalue weighted by Crippen LogP contribution is -2.34. The molecule has 4 rings (SSSR count). The van der Waals surface area contributed by atoms with Crippen molar-refractivity contribution in [2.75, 3.05) is 0 Å². The van der Waals surface area contributed by atoms with Crippen LogP contribution in [-0.2, 0) is 21.7 Å². The Morgan fingerprint density at radius 3 is 2.25 bits per heavy atom. The minimum absolute atomic E-state index is 0. The summed E-state index contributed by atoms with van der Waals surface area (Å²) in [4.78, 5) is 30.6. The van der Waals surface area contributed by atoms with Gasteiger partial charge in [-0.1, -0.05) is 30.8 Å². The average molecular weight is 355 g/mol. The van der Waals surface area contributed by atoms with E-state index in [-0.39, 0.29) is 42.6 Å². The van der Waals surface area contributed by atoms with Gasteiger partial charge in [-0.3, -0.25) is 14.5 Å². The van der Waals surface area contributed by atoms with Crippen LogP contribution in [-0.4, -0.2) is 26.9 Å². The van der Waals surface area contributed by atoms with Gasteiger partial charge < -0.3 is 10.3 Å². The number of imide groups is 1. The maximum absolute atomic E-state index is 12.5. The quantitative estimate of drug-likeness (QED) is 0.831. The number of halogens is 1. The van der Waals surface area contributed by atoms with Crippen molar-refractivity contribution in [3.05, 3.63) is 11.7 Å². The molecule has 1 aromatic rings. The highest BCUT2D eigenvalue weighted by atomic mass is 35.5. The molecular weight excluding hydrogens is 332 g/mol. The Morgan fingerprint density at radius 1 is 1.08 bits per heavy atom. The van der Waals surface area contributed by atoms with Gasteiger partial charge in [0.05, 0.1) is 17.4 Å². The van der Waals surface area contributed by atoms with E-state index in [4.69, 9.17) is 10.3 Å². The molecule has 8 heteroatoms. The van der Waals surface area contributed by atoms with Gasteiger partial charge in [0.2, 0.25) is 17.7 Å².